The van der Waals surface area contributed by atoms with Crippen molar-refractivity contribution in [2.45, 2.75) is 26.8 Å². The lowest BCUT2D eigenvalue weighted by Crippen LogP contribution is -2.44. The van der Waals surface area contributed by atoms with Crippen molar-refractivity contribution in [3.63, 3.8) is 0 Å². The predicted molar refractivity (Wildman–Crippen MR) is 102 cm³/mol. The molecule has 0 saturated carbocycles. The van der Waals surface area contributed by atoms with Gasteiger partial charge < -0.3 is 20.0 Å². The van der Waals surface area contributed by atoms with Gasteiger partial charge in [0, 0.05) is 36.8 Å². The first kappa shape index (κ1) is 19.7. The van der Waals surface area contributed by atoms with E-state index in [-0.39, 0.29) is 17.9 Å². The summed E-state index contributed by atoms with van der Waals surface area (Å²) in [5, 5.41) is 6.07. The summed E-state index contributed by atoms with van der Waals surface area (Å²) in [5.74, 6) is -0.655. The molecule has 1 heterocycles. The first-order valence-corrected chi connectivity index (χ1v) is 8.70. The van der Waals surface area contributed by atoms with E-state index in [1.807, 2.05) is 12.1 Å². The molecule has 0 fully saturated rings. The molecule has 2 rings (SSSR count). The molecule has 2 aromatic rings. The number of ketones is 1. The Morgan fingerprint density at radius 1 is 1.19 bits per heavy atom. The molecule has 0 radical (unpaired) electrons. The van der Waals surface area contributed by atoms with Gasteiger partial charge in [-0.15, -0.1) is 0 Å². The Balaban J connectivity index is 2.28. The molecule has 1 amide bonds. The lowest BCUT2D eigenvalue weighted by molar-refractivity contribution is -0.118. The number of likely N-dealkylation sites (N-methyl/N-ethyl adjacent to an activating group) is 1. The molecule has 140 valence electrons. The third-order valence-electron chi connectivity index (χ3n) is 4.40. The highest BCUT2D eigenvalue weighted by Gasteiger charge is 2.17. The normalized spacial score (nSPS) is 12.0. The topological polar surface area (TPSA) is 91.7 Å². The molecule has 1 aromatic carbocycles. The average Bonchev–Trinajstić information content (AvgIpc) is 2.62. The summed E-state index contributed by atoms with van der Waals surface area (Å²) in [6.07, 6.45) is 0. The summed E-state index contributed by atoms with van der Waals surface area (Å²) in [6.45, 7) is 7.33. The van der Waals surface area contributed by atoms with Gasteiger partial charge in [-0.3, -0.25) is 9.59 Å². The smallest absolute Gasteiger partial charge is 0.349 e. The minimum Gasteiger partial charge on any atom is -0.422 e. The molecule has 1 atom stereocenters. The van der Waals surface area contributed by atoms with Crippen molar-refractivity contribution in [3.05, 3.63) is 40.2 Å². The number of carbonyl (C=O) groups is 2. The van der Waals surface area contributed by atoms with Crippen molar-refractivity contribution >= 4 is 28.3 Å². The Hall–Kier alpha value is -2.67. The van der Waals surface area contributed by atoms with Crippen LogP contribution in [-0.2, 0) is 4.79 Å². The third-order valence-corrected chi connectivity index (χ3v) is 4.40. The molecule has 2 N–H and O–H groups in total. The molecule has 7 nitrogen and oxygen atoms in total. The van der Waals surface area contributed by atoms with Gasteiger partial charge >= 0.3 is 5.63 Å². The second-order valence-electron chi connectivity index (χ2n) is 6.00. The molecule has 1 aromatic heterocycles. The number of rotatable bonds is 8. The van der Waals surface area contributed by atoms with Gasteiger partial charge in [0.05, 0.1) is 6.04 Å². The lowest BCUT2D eigenvalue weighted by Gasteiger charge is -2.21. The molecule has 0 spiro atoms. The van der Waals surface area contributed by atoms with Gasteiger partial charge in [-0.2, -0.15) is 0 Å². The molecule has 0 aliphatic rings. The van der Waals surface area contributed by atoms with Gasteiger partial charge in [-0.05, 0) is 46.0 Å². The fourth-order valence-corrected chi connectivity index (χ4v) is 2.78. The molecule has 0 aliphatic carbocycles. The number of hydrogen-bond donors (Lipinski definition) is 2. The van der Waals surface area contributed by atoms with Gasteiger partial charge in [0.15, 0.2) is 0 Å². The van der Waals surface area contributed by atoms with Crippen molar-refractivity contribution in [3.8, 4) is 0 Å². The standard InChI is InChI=1S/C19H25N3O4/c1-5-22(6-2)14-8-7-13-9-15(19(25)26-17(13)10-14)18(24)21-11-16(20-4)12(3)23/h7-10,16,20H,5-6,11H2,1-4H3,(H,21,24)/t16-/m0/s1. The largest absolute Gasteiger partial charge is 0.422 e. The average molecular weight is 359 g/mol. The zero-order valence-corrected chi connectivity index (χ0v) is 15.6. The van der Waals surface area contributed by atoms with Crippen LogP contribution in [0.15, 0.2) is 33.5 Å². The summed E-state index contributed by atoms with van der Waals surface area (Å²) in [5.41, 5.74) is 0.621. The monoisotopic (exact) mass is 359 g/mol. The summed E-state index contributed by atoms with van der Waals surface area (Å²) in [6, 6.07) is 6.59. The van der Waals surface area contributed by atoms with E-state index in [0.29, 0.717) is 11.0 Å². The first-order valence-electron chi connectivity index (χ1n) is 8.70. The van der Waals surface area contributed by atoms with E-state index in [4.69, 9.17) is 4.42 Å². The van der Waals surface area contributed by atoms with E-state index in [2.05, 4.69) is 29.4 Å². The number of fused-ring (bicyclic) bond motifs is 1. The fourth-order valence-electron chi connectivity index (χ4n) is 2.78. The first-order chi connectivity index (χ1) is 12.4. The van der Waals surface area contributed by atoms with Crippen LogP contribution in [-0.4, -0.2) is 44.4 Å². The SMILES string of the molecule is CCN(CC)c1ccc2cc(C(=O)NC[C@H](NC)C(C)=O)c(=O)oc2c1. The number of carbonyl (C=O) groups excluding carboxylic acids is 2. The molecule has 0 unspecified atom stereocenters. The van der Waals surface area contributed by atoms with Crippen LogP contribution < -0.4 is 21.2 Å². The Kier molecular flexibility index (Phi) is 6.52. The maximum absolute atomic E-state index is 12.3. The zero-order valence-electron chi connectivity index (χ0n) is 15.6. The van der Waals surface area contributed by atoms with E-state index in [0.717, 1.165) is 18.8 Å². The highest BCUT2D eigenvalue weighted by molar-refractivity contribution is 5.97. The Morgan fingerprint density at radius 2 is 1.88 bits per heavy atom. The molecule has 0 saturated heterocycles. The molecular weight excluding hydrogens is 334 g/mol. The second-order valence-corrected chi connectivity index (χ2v) is 6.00. The van der Waals surface area contributed by atoms with Crippen molar-refractivity contribution in [2.75, 3.05) is 31.6 Å². The Morgan fingerprint density at radius 3 is 2.46 bits per heavy atom. The summed E-state index contributed by atoms with van der Waals surface area (Å²) in [4.78, 5) is 38.1. The van der Waals surface area contributed by atoms with Gasteiger partial charge in [-0.25, -0.2) is 4.79 Å². The minimum atomic E-state index is -0.699. The minimum absolute atomic E-state index is 0.0773. The quantitative estimate of drug-likeness (QED) is 0.695. The number of anilines is 1. The van der Waals surface area contributed by atoms with Crippen LogP contribution in [0.4, 0.5) is 5.69 Å². The second kappa shape index (κ2) is 8.62. The maximum Gasteiger partial charge on any atom is 0.349 e. The van der Waals surface area contributed by atoms with Crippen molar-refractivity contribution in [2.24, 2.45) is 0 Å². The van der Waals surface area contributed by atoms with E-state index in [9.17, 15) is 14.4 Å². The van der Waals surface area contributed by atoms with Crippen LogP contribution in [0, 0.1) is 0 Å². The number of benzene rings is 1. The lowest BCUT2D eigenvalue weighted by atomic mass is 10.1. The van der Waals surface area contributed by atoms with Crippen molar-refractivity contribution < 1.29 is 14.0 Å². The zero-order chi connectivity index (χ0) is 19.3. The number of Topliss-reactive ketones (excluding diaryl/α,β-unsaturated/α-hetero) is 1. The molecule has 0 bridgehead atoms. The molecule has 7 heteroatoms. The molecular formula is C19H25N3O4. The highest BCUT2D eigenvalue weighted by atomic mass is 16.4. The van der Waals surface area contributed by atoms with Crippen LogP contribution in [0.25, 0.3) is 11.0 Å². The van der Waals surface area contributed by atoms with Crippen LogP contribution in [0.2, 0.25) is 0 Å². The number of amides is 1. The van der Waals surface area contributed by atoms with Gasteiger partial charge in [-0.1, -0.05) is 0 Å². The van der Waals surface area contributed by atoms with E-state index < -0.39 is 17.6 Å². The van der Waals surface area contributed by atoms with Crippen LogP contribution in [0.5, 0.6) is 0 Å². The fraction of sp³-hybridized carbons (Fsp3) is 0.421. The van der Waals surface area contributed by atoms with Gasteiger partial charge in [0.25, 0.3) is 5.91 Å². The van der Waals surface area contributed by atoms with Crippen LogP contribution >= 0.6 is 0 Å². The van der Waals surface area contributed by atoms with E-state index in [1.165, 1.54) is 13.0 Å². The van der Waals surface area contributed by atoms with Crippen LogP contribution in [0.3, 0.4) is 0 Å². The van der Waals surface area contributed by atoms with Crippen LogP contribution in [0.1, 0.15) is 31.1 Å². The highest BCUT2D eigenvalue weighted by Crippen LogP contribution is 2.21. The maximum atomic E-state index is 12.3. The number of nitrogens with zero attached hydrogens (tertiary/aromatic N) is 1. The van der Waals surface area contributed by atoms with Crippen molar-refractivity contribution in [1.29, 1.82) is 0 Å². The Bertz CT molecular complexity index is 855. The predicted octanol–water partition coefficient (Wildman–Crippen LogP) is 1.55. The molecule has 0 aliphatic heterocycles. The van der Waals surface area contributed by atoms with Crippen molar-refractivity contribution in [1.82, 2.24) is 10.6 Å². The van der Waals surface area contributed by atoms with E-state index >= 15 is 0 Å². The Labute approximate surface area is 152 Å². The summed E-state index contributed by atoms with van der Waals surface area (Å²) >= 11 is 0. The number of hydrogen-bond acceptors (Lipinski definition) is 6. The third kappa shape index (κ3) is 4.29. The summed E-state index contributed by atoms with van der Waals surface area (Å²) < 4.78 is 5.35. The van der Waals surface area contributed by atoms with Gasteiger partial charge in [0.1, 0.15) is 16.9 Å². The number of nitrogens with one attached hydrogen (secondary N) is 2. The molecule has 26 heavy (non-hydrogen) atoms. The summed E-state index contributed by atoms with van der Waals surface area (Å²) in [7, 11) is 1.64. The van der Waals surface area contributed by atoms with Gasteiger partial charge in [0.2, 0.25) is 0 Å². The van der Waals surface area contributed by atoms with E-state index in [1.54, 1.807) is 13.1 Å².